The van der Waals surface area contributed by atoms with Crippen molar-refractivity contribution in [3.8, 4) is 0 Å². The quantitative estimate of drug-likeness (QED) is 0.303. The molecule has 0 saturated carbocycles. The zero-order chi connectivity index (χ0) is 23.6. The average Bonchev–Trinajstić information content (AvgIpc) is 3.27. The molecular formula is C28H28Cl2N2O. The molecule has 0 spiro atoms. The topological polar surface area (TPSA) is 36.1 Å². The number of H-pyrrole nitrogens is 1. The Morgan fingerprint density at radius 3 is 2.33 bits per heavy atom. The first-order valence-electron chi connectivity index (χ1n) is 11.1. The van der Waals surface area contributed by atoms with E-state index in [1.54, 1.807) is 6.07 Å². The van der Waals surface area contributed by atoms with Crippen LogP contribution in [0.3, 0.4) is 0 Å². The number of halogens is 2. The second kappa shape index (κ2) is 9.62. The van der Waals surface area contributed by atoms with E-state index in [0.717, 1.165) is 22.0 Å². The van der Waals surface area contributed by atoms with Crippen LogP contribution in [0.25, 0.3) is 10.9 Å². The molecule has 0 atom stereocenters. The number of nitrogens with one attached hydrogen (secondary N) is 1. The van der Waals surface area contributed by atoms with Crippen LogP contribution in [0.5, 0.6) is 0 Å². The summed E-state index contributed by atoms with van der Waals surface area (Å²) in [5.41, 5.74) is 5.05. The molecule has 0 bridgehead atoms. The highest BCUT2D eigenvalue weighted by atomic mass is 35.5. The number of hydrogen-bond donors (Lipinski definition) is 1. The zero-order valence-corrected chi connectivity index (χ0v) is 20.7. The fraction of sp³-hybridized carbons (Fsp3) is 0.250. The number of amides is 1. The lowest BCUT2D eigenvalue weighted by atomic mass is 9.87. The van der Waals surface area contributed by atoms with Crippen LogP contribution < -0.4 is 0 Å². The van der Waals surface area contributed by atoms with E-state index in [4.69, 9.17) is 23.2 Å². The maximum Gasteiger partial charge on any atom is 0.256 e. The van der Waals surface area contributed by atoms with Gasteiger partial charge in [-0.25, -0.2) is 0 Å². The van der Waals surface area contributed by atoms with Gasteiger partial charge in [0.2, 0.25) is 0 Å². The van der Waals surface area contributed by atoms with Crippen molar-refractivity contribution in [3.05, 3.63) is 105 Å². The number of benzene rings is 3. The SMILES string of the molecule is CC(C)(C)c1ccc(CN(CCc2ccc(Cl)c(Cl)c2)C(=O)c2cccc3cc[nH]c23)cc1. The van der Waals surface area contributed by atoms with E-state index in [0.29, 0.717) is 35.1 Å². The highest BCUT2D eigenvalue weighted by Gasteiger charge is 2.20. The van der Waals surface area contributed by atoms with Crippen LogP contribution in [0.1, 0.15) is 47.8 Å². The van der Waals surface area contributed by atoms with Crippen molar-refractivity contribution in [2.45, 2.75) is 39.2 Å². The van der Waals surface area contributed by atoms with Crippen molar-refractivity contribution in [1.29, 1.82) is 0 Å². The van der Waals surface area contributed by atoms with Gasteiger partial charge < -0.3 is 9.88 Å². The largest absolute Gasteiger partial charge is 0.361 e. The molecule has 3 nitrogen and oxygen atoms in total. The van der Waals surface area contributed by atoms with Gasteiger partial charge in [0.05, 0.1) is 21.1 Å². The highest BCUT2D eigenvalue weighted by Crippen LogP contribution is 2.25. The Balaban J connectivity index is 1.61. The molecule has 170 valence electrons. The normalized spacial score (nSPS) is 11.7. The van der Waals surface area contributed by atoms with Crippen molar-refractivity contribution < 1.29 is 4.79 Å². The minimum atomic E-state index is 0.00279. The molecule has 1 N–H and O–H groups in total. The van der Waals surface area contributed by atoms with Gasteiger partial charge in [0, 0.05) is 24.7 Å². The number of carbonyl (C=O) groups excluding carboxylic acids is 1. The van der Waals surface area contributed by atoms with E-state index < -0.39 is 0 Å². The second-order valence-corrected chi connectivity index (χ2v) is 10.2. The van der Waals surface area contributed by atoms with Crippen LogP contribution in [0.2, 0.25) is 10.0 Å². The van der Waals surface area contributed by atoms with E-state index in [-0.39, 0.29) is 11.3 Å². The summed E-state index contributed by atoms with van der Waals surface area (Å²) in [5.74, 6) is 0.00279. The van der Waals surface area contributed by atoms with Gasteiger partial charge >= 0.3 is 0 Å². The Kier molecular flexibility index (Phi) is 6.83. The molecule has 1 aromatic heterocycles. The molecule has 1 amide bonds. The zero-order valence-electron chi connectivity index (χ0n) is 19.2. The lowest BCUT2D eigenvalue weighted by molar-refractivity contribution is 0.0747. The minimum Gasteiger partial charge on any atom is -0.361 e. The van der Waals surface area contributed by atoms with Gasteiger partial charge in [0.1, 0.15) is 0 Å². The molecule has 1 heterocycles. The summed E-state index contributed by atoms with van der Waals surface area (Å²) in [7, 11) is 0. The summed E-state index contributed by atoms with van der Waals surface area (Å²) >= 11 is 12.3. The van der Waals surface area contributed by atoms with Crippen LogP contribution in [-0.2, 0) is 18.4 Å². The Labute approximate surface area is 205 Å². The lowest BCUT2D eigenvalue weighted by Gasteiger charge is -2.24. The number of para-hydroxylation sites is 1. The minimum absolute atomic E-state index is 0.00279. The number of nitrogens with zero attached hydrogens (tertiary/aromatic N) is 1. The maximum absolute atomic E-state index is 13.7. The molecule has 0 radical (unpaired) electrons. The summed E-state index contributed by atoms with van der Waals surface area (Å²) in [4.78, 5) is 18.8. The summed E-state index contributed by atoms with van der Waals surface area (Å²) in [6.45, 7) is 7.70. The van der Waals surface area contributed by atoms with Crippen molar-refractivity contribution in [2.75, 3.05) is 6.54 Å². The Morgan fingerprint density at radius 1 is 0.909 bits per heavy atom. The molecule has 4 aromatic rings. The number of aromatic nitrogens is 1. The van der Waals surface area contributed by atoms with Gasteiger partial charge in [-0.05, 0) is 52.8 Å². The first-order chi connectivity index (χ1) is 15.7. The molecule has 4 rings (SSSR count). The summed E-state index contributed by atoms with van der Waals surface area (Å²) < 4.78 is 0. The molecule has 0 saturated heterocycles. The van der Waals surface area contributed by atoms with Gasteiger partial charge in [-0.3, -0.25) is 4.79 Å². The highest BCUT2D eigenvalue weighted by molar-refractivity contribution is 6.42. The smallest absolute Gasteiger partial charge is 0.256 e. The average molecular weight is 479 g/mol. The van der Waals surface area contributed by atoms with E-state index in [2.05, 4.69) is 50.0 Å². The van der Waals surface area contributed by atoms with Crippen molar-refractivity contribution >= 4 is 40.0 Å². The maximum atomic E-state index is 13.7. The molecule has 33 heavy (non-hydrogen) atoms. The molecule has 5 heteroatoms. The second-order valence-electron chi connectivity index (χ2n) is 9.42. The number of hydrogen-bond acceptors (Lipinski definition) is 1. The van der Waals surface area contributed by atoms with Crippen molar-refractivity contribution in [3.63, 3.8) is 0 Å². The Bertz CT molecular complexity index is 1270. The molecular weight excluding hydrogens is 451 g/mol. The summed E-state index contributed by atoms with van der Waals surface area (Å²) in [6, 6.07) is 22.0. The first kappa shape index (κ1) is 23.4. The van der Waals surface area contributed by atoms with E-state index in [9.17, 15) is 4.79 Å². The van der Waals surface area contributed by atoms with Crippen LogP contribution in [0.4, 0.5) is 0 Å². The van der Waals surface area contributed by atoms with Gasteiger partial charge in [-0.15, -0.1) is 0 Å². The van der Waals surface area contributed by atoms with Gasteiger partial charge in [0.25, 0.3) is 5.91 Å². The molecule has 0 aliphatic carbocycles. The number of fused-ring (bicyclic) bond motifs is 1. The number of aromatic amines is 1. The lowest BCUT2D eigenvalue weighted by Crippen LogP contribution is -2.32. The van der Waals surface area contributed by atoms with E-state index in [1.165, 1.54) is 5.56 Å². The predicted molar refractivity (Wildman–Crippen MR) is 138 cm³/mol. The predicted octanol–water partition coefficient (Wildman–Crippen LogP) is 7.66. The number of carbonyl (C=O) groups is 1. The standard InChI is InChI=1S/C28H28Cl2N2O/c1-28(2,3)22-10-7-20(8-11-22)18-32(16-14-19-9-12-24(29)25(30)17-19)27(33)23-6-4-5-21-13-15-31-26(21)23/h4-13,15,17,31H,14,16,18H2,1-3H3. The molecule has 0 aliphatic heterocycles. The molecule has 3 aromatic carbocycles. The summed E-state index contributed by atoms with van der Waals surface area (Å²) in [5, 5.41) is 2.09. The molecule has 0 unspecified atom stereocenters. The van der Waals surface area contributed by atoms with Crippen LogP contribution in [-0.4, -0.2) is 22.3 Å². The fourth-order valence-corrected chi connectivity index (χ4v) is 4.30. The molecule has 0 fully saturated rings. The third-order valence-corrected chi connectivity index (χ3v) is 6.69. The van der Waals surface area contributed by atoms with Crippen molar-refractivity contribution in [2.24, 2.45) is 0 Å². The fourth-order valence-electron chi connectivity index (χ4n) is 3.98. The Hall–Kier alpha value is -2.75. The number of rotatable bonds is 6. The monoisotopic (exact) mass is 478 g/mol. The third-order valence-electron chi connectivity index (χ3n) is 5.95. The first-order valence-corrected chi connectivity index (χ1v) is 11.9. The Morgan fingerprint density at radius 2 is 1.64 bits per heavy atom. The van der Waals surface area contributed by atoms with Gasteiger partial charge in [0.15, 0.2) is 0 Å². The van der Waals surface area contributed by atoms with Crippen LogP contribution in [0.15, 0.2) is 72.9 Å². The van der Waals surface area contributed by atoms with Crippen LogP contribution >= 0.6 is 23.2 Å². The summed E-state index contributed by atoms with van der Waals surface area (Å²) in [6.07, 6.45) is 2.55. The van der Waals surface area contributed by atoms with E-state index in [1.807, 2.05) is 47.5 Å². The molecule has 0 aliphatic rings. The van der Waals surface area contributed by atoms with E-state index >= 15 is 0 Å². The third kappa shape index (κ3) is 5.43. The van der Waals surface area contributed by atoms with Crippen LogP contribution in [0, 0.1) is 0 Å². The van der Waals surface area contributed by atoms with Gasteiger partial charge in [-0.2, -0.15) is 0 Å². The van der Waals surface area contributed by atoms with Gasteiger partial charge in [-0.1, -0.05) is 86.4 Å². The van der Waals surface area contributed by atoms with Crippen molar-refractivity contribution in [1.82, 2.24) is 9.88 Å².